The van der Waals surface area contributed by atoms with Crippen molar-refractivity contribution in [1.82, 2.24) is 0 Å². The van der Waals surface area contributed by atoms with Gasteiger partial charge < -0.3 is 18.6 Å². The van der Waals surface area contributed by atoms with Crippen molar-refractivity contribution < 1.29 is 18.6 Å². The minimum Gasteiger partial charge on any atom is -0.411 e. The summed E-state index contributed by atoms with van der Waals surface area (Å²) in [5, 5.41) is 0.0224. The number of terminal acetylenes is 1. The van der Waals surface area contributed by atoms with E-state index in [1.165, 1.54) is 0 Å². The fourth-order valence-electron chi connectivity index (χ4n) is 5.13. The van der Waals surface area contributed by atoms with E-state index in [2.05, 4.69) is 113 Å². The predicted octanol–water partition coefficient (Wildman–Crippen LogP) is 7.93. The summed E-state index contributed by atoms with van der Waals surface area (Å²) in [7, 11) is -2.17. The Morgan fingerprint density at radius 1 is 0.825 bits per heavy atom. The van der Waals surface area contributed by atoms with Crippen LogP contribution >= 0.6 is 0 Å². The molecule has 0 saturated carbocycles. The average Bonchev–Trinajstić information content (AvgIpc) is 3.26. The Bertz CT molecular complexity index is 1160. The van der Waals surface area contributed by atoms with Crippen LogP contribution in [-0.4, -0.2) is 39.0 Å². The molecule has 212 valence electrons. The first-order chi connectivity index (χ1) is 18.9. The molecule has 3 aromatic rings. The molecule has 0 unspecified atom stereocenters. The summed E-state index contributed by atoms with van der Waals surface area (Å²) in [4.78, 5) is 0. The Kier molecular flexibility index (Phi) is 9.09. The fraction of sp³-hybridized carbons (Fsp3) is 0.429. The molecule has 1 fully saturated rings. The minimum absolute atomic E-state index is 0.0224. The van der Waals surface area contributed by atoms with Gasteiger partial charge in [0.1, 0.15) is 17.8 Å². The molecule has 5 heteroatoms. The molecule has 1 aliphatic heterocycles. The highest BCUT2D eigenvalue weighted by Crippen LogP contribution is 2.43. The second-order valence-corrected chi connectivity index (χ2v) is 17.3. The maximum atomic E-state index is 7.09. The fourth-order valence-corrected chi connectivity index (χ4v) is 6.49. The van der Waals surface area contributed by atoms with Crippen LogP contribution in [0.1, 0.15) is 57.7 Å². The van der Waals surface area contributed by atoms with Gasteiger partial charge in [0, 0.05) is 0 Å². The highest BCUT2D eigenvalue weighted by atomic mass is 28.4. The largest absolute Gasteiger partial charge is 0.411 e. The van der Waals surface area contributed by atoms with Gasteiger partial charge in [-0.25, -0.2) is 0 Å². The minimum atomic E-state index is -2.17. The summed E-state index contributed by atoms with van der Waals surface area (Å²) in [5.41, 5.74) is 2.40. The molecular weight excluding hydrogens is 512 g/mol. The zero-order chi connectivity index (χ0) is 29.0. The maximum Gasteiger partial charge on any atom is 0.192 e. The lowest BCUT2D eigenvalue weighted by atomic mass is 9.80. The zero-order valence-electron chi connectivity index (χ0n) is 25.0. The number of ether oxygens (including phenoxy) is 3. The van der Waals surface area contributed by atoms with E-state index in [9.17, 15) is 0 Å². The standard InChI is InChI=1S/C35H44O4Si/c1-9-30-32(38-34(5,6)37-30)31(39-40(7,8)33(2,3)4)25-26-36-35(27-19-13-10-14-20-27,28-21-15-11-16-22-28)29-23-17-12-18-24-29/h1,10-24,30-32H,25-26H2,2-8H3/t30-,31+,32-/m1/s1. The van der Waals surface area contributed by atoms with E-state index < -0.39 is 31.9 Å². The van der Waals surface area contributed by atoms with Crippen molar-refractivity contribution in [2.45, 2.75) is 88.9 Å². The van der Waals surface area contributed by atoms with E-state index in [0.29, 0.717) is 13.0 Å². The van der Waals surface area contributed by atoms with E-state index in [4.69, 9.17) is 25.1 Å². The van der Waals surface area contributed by atoms with Crippen LogP contribution in [0.5, 0.6) is 0 Å². The molecule has 0 aromatic heterocycles. The van der Waals surface area contributed by atoms with Gasteiger partial charge in [0.2, 0.25) is 0 Å². The highest BCUT2D eigenvalue weighted by Gasteiger charge is 2.48. The molecule has 0 bridgehead atoms. The Balaban J connectivity index is 1.72. The molecule has 3 aromatic carbocycles. The van der Waals surface area contributed by atoms with E-state index in [1.807, 2.05) is 32.0 Å². The lowest BCUT2D eigenvalue weighted by molar-refractivity contribution is -0.153. The summed E-state index contributed by atoms with van der Waals surface area (Å²) in [6.45, 7) is 15.5. The first-order valence-corrected chi connectivity index (χ1v) is 17.1. The second kappa shape index (κ2) is 12.0. The van der Waals surface area contributed by atoms with Crippen molar-refractivity contribution in [3.63, 3.8) is 0 Å². The second-order valence-electron chi connectivity index (χ2n) is 12.5. The van der Waals surface area contributed by atoms with E-state index in [-0.39, 0.29) is 11.1 Å². The molecule has 0 amide bonds. The van der Waals surface area contributed by atoms with Crippen molar-refractivity contribution in [2.75, 3.05) is 6.61 Å². The summed E-state index contributed by atoms with van der Waals surface area (Å²) in [6, 6.07) is 31.3. The van der Waals surface area contributed by atoms with Gasteiger partial charge in [0.15, 0.2) is 14.1 Å². The number of hydrogen-bond donors (Lipinski definition) is 0. The Hall–Kier alpha value is -2.72. The monoisotopic (exact) mass is 556 g/mol. The van der Waals surface area contributed by atoms with E-state index >= 15 is 0 Å². The molecule has 0 aliphatic carbocycles. The molecular formula is C35H44O4Si. The van der Waals surface area contributed by atoms with Gasteiger partial charge in [-0.3, -0.25) is 0 Å². The summed E-state index contributed by atoms with van der Waals surface area (Å²) in [6.07, 6.45) is 5.36. The number of rotatable bonds is 10. The van der Waals surface area contributed by atoms with Gasteiger partial charge in [-0.1, -0.05) is 118 Å². The topological polar surface area (TPSA) is 36.9 Å². The van der Waals surface area contributed by atoms with Crippen molar-refractivity contribution in [1.29, 1.82) is 0 Å². The molecule has 0 spiro atoms. The zero-order valence-corrected chi connectivity index (χ0v) is 26.0. The van der Waals surface area contributed by atoms with Gasteiger partial charge in [0.25, 0.3) is 0 Å². The lowest BCUT2D eigenvalue weighted by Crippen LogP contribution is -2.49. The van der Waals surface area contributed by atoms with Crippen molar-refractivity contribution in [3.05, 3.63) is 108 Å². The third-order valence-electron chi connectivity index (χ3n) is 8.17. The maximum absolute atomic E-state index is 7.09. The van der Waals surface area contributed by atoms with Gasteiger partial charge in [-0.15, -0.1) is 6.42 Å². The van der Waals surface area contributed by atoms with Crippen LogP contribution in [0.3, 0.4) is 0 Å². The Labute approximate surface area is 242 Å². The molecule has 3 atom stereocenters. The van der Waals surface area contributed by atoms with Crippen LogP contribution in [0.15, 0.2) is 91.0 Å². The van der Waals surface area contributed by atoms with Crippen molar-refractivity contribution in [3.8, 4) is 12.3 Å². The highest BCUT2D eigenvalue weighted by molar-refractivity contribution is 6.74. The van der Waals surface area contributed by atoms with Crippen LogP contribution in [0.25, 0.3) is 0 Å². The van der Waals surface area contributed by atoms with Crippen LogP contribution in [-0.2, 0) is 24.2 Å². The smallest absolute Gasteiger partial charge is 0.192 e. The summed E-state index contributed by atoms with van der Waals surface area (Å²) < 4.78 is 26.6. The van der Waals surface area contributed by atoms with E-state index in [1.54, 1.807) is 0 Å². The van der Waals surface area contributed by atoms with Crippen LogP contribution in [0, 0.1) is 12.3 Å². The summed E-state index contributed by atoms with van der Waals surface area (Å²) >= 11 is 0. The molecule has 0 N–H and O–H groups in total. The third-order valence-corrected chi connectivity index (χ3v) is 12.7. The van der Waals surface area contributed by atoms with Gasteiger partial charge in [0.05, 0.1) is 12.7 Å². The molecule has 1 heterocycles. The molecule has 4 rings (SSSR count). The lowest BCUT2D eigenvalue weighted by Gasteiger charge is -2.41. The van der Waals surface area contributed by atoms with Crippen LogP contribution < -0.4 is 0 Å². The molecule has 0 radical (unpaired) electrons. The van der Waals surface area contributed by atoms with Crippen LogP contribution in [0.2, 0.25) is 18.1 Å². The quantitative estimate of drug-likeness (QED) is 0.144. The number of benzene rings is 3. The first kappa shape index (κ1) is 30.2. The molecule has 1 saturated heterocycles. The van der Waals surface area contributed by atoms with Crippen molar-refractivity contribution in [2.24, 2.45) is 0 Å². The van der Waals surface area contributed by atoms with Gasteiger partial charge in [-0.2, -0.15) is 0 Å². The first-order valence-electron chi connectivity index (χ1n) is 14.2. The van der Waals surface area contributed by atoms with E-state index in [0.717, 1.165) is 16.7 Å². The molecule has 40 heavy (non-hydrogen) atoms. The summed E-state index contributed by atoms with van der Waals surface area (Å²) in [5.74, 6) is 2.03. The van der Waals surface area contributed by atoms with Crippen molar-refractivity contribution >= 4 is 8.32 Å². The Morgan fingerprint density at radius 2 is 1.27 bits per heavy atom. The average molecular weight is 557 g/mol. The van der Waals surface area contributed by atoms with Gasteiger partial charge >= 0.3 is 0 Å². The Morgan fingerprint density at radius 3 is 1.68 bits per heavy atom. The van der Waals surface area contributed by atoms with Crippen LogP contribution in [0.4, 0.5) is 0 Å². The SMILES string of the molecule is C#C[C@H]1OC(C)(C)O[C@H]1[C@H](CCOC(c1ccccc1)(c1ccccc1)c1ccccc1)O[Si](C)(C)C(C)(C)C. The normalized spacial score (nSPS) is 20.1. The third kappa shape index (κ3) is 6.43. The molecule has 4 nitrogen and oxygen atoms in total. The number of hydrogen-bond acceptors (Lipinski definition) is 4. The predicted molar refractivity (Wildman–Crippen MR) is 165 cm³/mol. The van der Waals surface area contributed by atoms with Gasteiger partial charge in [-0.05, 0) is 55.1 Å². The molecule has 1 aliphatic rings.